The molecule has 1 aromatic rings. The number of hydrogen-bond acceptors (Lipinski definition) is 6. The van der Waals surface area contributed by atoms with E-state index in [9.17, 15) is 31.5 Å². The molecule has 35 heavy (non-hydrogen) atoms. The van der Waals surface area contributed by atoms with Gasteiger partial charge in [0.05, 0.1) is 17.5 Å². The van der Waals surface area contributed by atoms with Crippen molar-refractivity contribution in [2.45, 2.75) is 44.7 Å². The maximum Gasteiger partial charge on any atom is 0.490 e. The molecule has 0 saturated carbocycles. The minimum atomic E-state index is -5.08. The van der Waals surface area contributed by atoms with E-state index in [0.29, 0.717) is 11.6 Å². The van der Waals surface area contributed by atoms with Crippen molar-refractivity contribution in [1.82, 2.24) is 4.90 Å². The lowest BCUT2D eigenvalue weighted by atomic mass is 9.92. The fourth-order valence-corrected chi connectivity index (χ4v) is 4.83. The third kappa shape index (κ3) is 9.92. The van der Waals surface area contributed by atoms with E-state index in [1.807, 2.05) is 0 Å². The molecule has 0 atom stereocenters. The van der Waals surface area contributed by atoms with Gasteiger partial charge in [0.15, 0.2) is 0 Å². The summed E-state index contributed by atoms with van der Waals surface area (Å²) in [6.07, 6.45) is 3.32. The Hall–Kier alpha value is -2.54. The first-order chi connectivity index (χ1) is 16.3. The fourth-order valence-electron chi connectivity index (χ4n) is 4.27. The molecule has 3 N–H and O–H groups in total. The van der Waals surface area contributed by atoms with Crippen LogP contribution in [0.3, 0.4) is 0 Å². The lowest BCUT2D eigenvalue weighted by Crippen LogP contribution is -2.37. The molecule has 0 spiro atoms. The second kappa shape index (κ2) is 12.4. The molecule has 2 heterocycles. The average molecular weight is 524 g/mol. The second-order valence-electron chi connectivity index (χ2n) is 8.84. The highest BCUT2D eigenvalue weighted by Gasteiger charge is 2.38. The summed E-state index contributed by atoms with van der Waals surface area (Å²) in [4.78, 5) is 25.3. The summed E-state index contributed by atoms with van der Waals surface area (Å²) in [6, 6.07) is 4.75. The number of rotatable bonds is 7. The molecule has 2 fully saturated rings. The van der Waals surface area contributed by atoms with Crippen LogP contribution in [0, 0.1) is 5.92 Å². The summed E-state index contributed by atoms with van der Waals surface area (Å²) in [6.45, 7) is 5.31. The number of anilines is 2. The van der Waals surface area contributed by atoms with Gasteiger partial charge in [0, 0.05) is 18.8 Å². The molecule has 3 rings (SSSR count). The third-order valence-corrected chi connectivity index (χ3v) is 6.64. The fraction of sp³-hybridized carbons (Fsp3) is 0.636. The normalized spacial score (nSPS) is 17.9. The number of halogens is 3. The van der Waals surface area contributed by atoms with Crippen LogP contribution in [0.4, 0.5) is 24.5 Å². The van der Waals surface area contributed by atoms with Crippen LogP contribution in [0.1, 0.15) is 48.9 Å². The Balaban J connectivity index is 0.000000540. The molecular formula is C22H32F3N3O6S. The number of carboxylic acids is 2. The van der Waals surface area contributed by atoms with Crippen LogP contribution in [0.5, 0.6) is 0 Å². The molecule has 0 amide bonds. The lowest BCUT2D eigenvalue weighted by molar-refractivity contribution is -0.192. The van der Waals surface area contributed by atoms with Gasteiger partial charge in [-0.15, -0.1) is 0 Å². The number of alkyl halides is 3. The van der Waals surface area contributed by atoms with Gasteiger partial charge in [-0.1, -0.05) is 6.42 Å². The van der Waals surface area contributed by atoms with Crippen molar-refractivity contribution in [1.29, 1.82) is 0 Å². The van der Waals surface area contributed by atoms with Gasteiger partial charge in [0.2, 0.25) is 10.0 Å². The number of aliphatic carboxylic acids is 1. The summed E-state index contributed by atoms with van der Waals surface area (Å²) >= 11 is 0. The van der Waals surface area contributed by atoms with Crippen molar-refractivity contribution in [3.63, 3.8) is 0 Å². The van der Waals surface area contributed by atoms with Gasteiger partial charge >= 0.3 is 18.1 Å². The van der Waals surface area contributed by atoms with Gasteiger partial charge in [0.25, 0.3) is 0 Å². The van der Waals surface area contributed by atoms with Gasteiger partial charge < -0.3 is 20.0 Å². The zero-order chi connectivity index (χ0) is 26.2. The largest absolute Gasteiger partial charge is 0.490 e. The monoisotopic (exact) mass is 523 g/mol. The molecule has 1 aromatic carbocycles. The number of likely N-dealkylation sites (tertiary alicyclic amines) is 1. The Morgan fingerprint density at radius 2 is 1.63 bits per heavy atom. The highest BCUT2D eigenvalue weighted by molar-refractivity contribution is 7.92. The number of carbonyl (C=O) groups is 2. The van der Waals surface area contributed by atoms with Gasteiger partial charge in [-0.05, 0) is 75.9 Å². The Labute approximate surface area is 203 Å². The van der Waals surface area contributed by atoms with E-state index in [4.69, 9.17) is 9.90 Å². The Morgan fingerprint density at radius 3 is 2.11 bits per heavy atom. The van der Waals surface area contributed by atoms with Crippen LogP contribution in [0.15, 0.2) is 18.2 Å². The number of hydrogen-bond donors (Lipinski definition) is 3. The molecule has 0 unspecified atom stereocenters. The number of aromatic carboxylic acids is 1. The number of nitrogens with zero attached hydrogens (tertiary/aromatic N) is 2. The number of carboxylic acid groups (broad SMARTS) is 2. The minimum absolute atomic E-state index is 0.139. The predicted octanol–water partition coefficient (Wildman–Crippen LogP) is 3.48. The van der Waals surface area contributed by atoms with E-state index in [0.717, 1.165) is 32.2 Å². The molecule has 0 aliphatic carbocycles. The van der Waals surface area contributed by atoms with Crippen molar-refractivity contribution < 1.29 is 41.4 Å². The number of benzene rings is 1. The average Bonchev–Trinajstić information content (AvgIpc) is 2.77. The van der Waals surface area contributed by atoms with Crippen LogP contribution in [-0.2, 0) is 14.8 Å². The first-order valence-electron chi connectivity index (χ1n) is 11.4. The number of piperidine rings is 2. The SMILES string of the molecule is CS(=O)(=O)Nc1ccc(N2CCC(CCN3CCCCC3)CC2)c(C(=O)O)c1.O=C(O)C(F)(F)F. The van der Waals surface area contributed by atoms with Crippen LogP contribution >= 0.6 is 0 Å². The summed E-state index contributed by atoms with van der Waals surface area (Å²) in [5, 5.41) is 16.7. The van der Waals surface area contributed by atoms with Gasteiger partial charge in [-0.25, -0.2) is 18.0 Å². The van der Waals surface area contributed by atoms with Crippen molar-refractivity contribution >= 4 is 33.3 Å². The topological polar surface area (TPSA) is 127 Å². The Kier molecular flexibility index (Phi) is 10.2. The van der Waals surface area contributed by atoms with E-state index in [-0.39, 0.29) is 11.3 Å². The quantitative estimate of drug-likeness (QED) is 0.496. The van der Waals surface area contributed by atoms with E-state index < -0.39 is 28.1 Å². The van der Waals surface area contributed by atoms with Crippen molar-refractivity contribution in [2.24, 2.45) is 5.92 Å². The lowest BCUT2D eigenvalue weighted by Gasteiger charge is -2.35. The standard InChI is InChI=1S/C20H31N3O4S.C2HF3O2/c1-28(26,27)21-17-5-6-19(18(15-17)20(24)25)23-13-8-16(9-14-23)7-12-22-10-3-2-4-11-22;3-2(4,5)1(6)7/h5-6,15-16,21H,2-4,7-14H2,1H3,(H,24,25);(H,6,7). The molecule has 0 aromatic heterocycles. The first kappa shape index (κ1) is 28.7. The van der Waals surface area contributed by atoms with Gasteiger partial charge in [0.1, 0.15) is 0 Å². The third-order valence-electron chi connectivity index (χ3n) is 6.03. The van der Waals surface area contributed by atoms with Crippen LogP contribution < -0.4 is 9.62 Å². The van der Waals surface area contributed by atoms with Gasteiger partial charge in [-0.3, -0.25) is 4.72 Å². The summed E-state index contributed by atoms with van der Waals surface area (Å²) in [5.41, 5.74) is 1.08. The minimum Gasteiger partial charge on any atom is -0.478 e. The van der Waals surface area contributed by atoms with E-state index >= 15 is 0 Å². The van der Waals surface area contributed by atoms with Gasteiger partial charge in [-0.2, -0.15) is 13.2 Å². The van der Waals surface area contributed by atoms with Crippen LogP contribution in [0.2, 0.25) is 0 Å². The second-order valence-corrected chi connectivity index (χ2v) is 10.6. The molecule has 9 nitrogen and oxygen atoms in total. The molecule has 2 aliphatic rings. The number of sulfonamides is 1. The van der Waals surface area contributed by atoms with E-state index in [2.05, 4.69) is 14.5 Å². The van der Waals surface area contributed by atoms with Crippen LogP contribution in [-0.4, -0.2) is 80.6 Å². The molecule has 198 valence electrons. The maximum atomic E-state index is 11.7. The molecular weight excluding hydrogens is 491 g/mol. The summed E-state index contributed by atoms with van der Waals surface area (Å²) in [7, 11) is -3.44. The Bertz CT molecular complexity index is 973. The zero-order valence-corrected chi connectivity index (χ0v) is 20.4. The van der Waals surface area contributed by atoms with E-state index in [1.54, 1.807) is 12.1 Å². The highest BCUT2D eigenvalue weighted by atomic mass is 32.2. The van der Waals surface area contributed by atoms with E-state index in [1.165, 1.54) is 51.4 Å². The molecule has 0 radical (unpaired) electrons. The van der Waals surface area contributed by atoms with Crippen LogP contribution in [0.25, 0.3) is 0 Å². The first-order valence-corrected chi connectivity index (χ1v) is 13.3. The maximum absolute atomic E-state index is 11.7. The van der Waals surface area contributed by atoms with Crippen molar-refractivity contribution in [2.75, 3.05) is 48.6 Å². The molecule has 2 aliphatic heterocycles. The molecule has 13 heteroatoms. The molecule has 2 saturated heterocycles. The summed E-state index contributed by atoms with van der Waals surface area (Å²) < 4.78 is 56.9. The summed E-state index contributed by atoms with van der Waals surface area (Å²) in [5.74, 6) is -3.11. The smallest absolute Gasteiger partial charge is 0.478 e. The Morgan fingerprint density at radius 1 is 1.06 bits per heavy atom. The zero-order valence-electron chi connectivity index (χ0n) is 19.6. The molecule has 0 bridgehead atoms. The van der Waals surface area contributed by atoms with Crippen molar-refractivity contribution in [3.8, 4) is 0 Å². The number of nitrogens with one attached hydrogen (secondary N) is 1. The van der Waals surface area contributed by atoms with Crippen molar-refractivity contribution in [3.05, 3.63) is 23.8 Å². The predicted molar refractivity (Wildman–Crippen MR) is 125 cm³/mol. The highest BCUT2D eigenvalue weighted by Crippen LogP contribution is 2.30.